The van der Waals surface area contributed by atoms with Crippen molar-refractivity contribution in [1.82, 2.24) is 29.4 Å². The monoisotopic (exact) mass is 792 g/mol. The molecular formula is C28H32Cl2FN8O10PS. The molecule has 1 aliphatic rings. The number of hydrazine groups is 1. The number of aliphatic hydroxyl groups is 2. The van der Waals surface area contributed by atoms with E-state index in [1.807, 2.05) is 0 Å². The number of nitrogen functional groups attached to an aromatic ring is 1. The highest BCUT2D eigenvalue weighted by atomic mass is 35.5. The lowest BCUT2D eigenvalue weighted by atomic mass is 9.99. The number of hydrogen-bond acceptors (Lipinski definition) is 15. The van der Waals surface area contributed by atoms with Crippen LogP contribution in [0.25, 0.3) is 11.2 Å². The number of hydrogen-bond donors (Lipinski definition) is 5. The third-order valence-electron chi connectivity index (χ3n) is 7.32. The lowest BCUT2D eigenvalue weighted by Gasteiger charge is -2.27. The van der Waals surface area contributed by atoms with Gasteiger partial charge in [0, 0.05) is 17.6 Å². The molecule has 3 unspecified atom stereocenters. The first kappa shape index (κ1) is 38.5. The molecule has 6 N–H and O–H groups in total. The Morgan fingerprint density at radius 1 is 1.25 bits per heavy atom. The van der Waals surface area contributed by atoms with E-state index < -0.39 is 66.4 Å². The summed E-state index contributed by atoms with van der Waals surface area (Å²) in [6, 6.07) is 8.04. The minimum atomic E-state index is -4.76. The number of benzene rings is 2. The second-order valence-corrected chi connectivity index (χ2v) is 15.7. The third kappa shape index (κ3) is 8.69. The number of nitrogens with zero attached hydrogens (tertiary/aromatic N) is 5. The number of carbonyl (C=O) groups is 1. The Bertz CT molecular complexity index is 2080. The quantitative estimate of drug-likeness (QED) is 0.0742. The van der Waals surface area contributed by atoms with Crippen molar-refractivity contribution in [3.63, 3.8) is 0 Å². The van der Waals surface area contributed by atoms with Crippen LogP contribution in [0, 0.1) is 5.82 Å². The van der Waals surface area contributed by atoms with E-state index in [-0.39, 0.29) is 39.3 Å². The average Bonchev–Trinajstić information content (AvgIpc) is 3.53. The topological polar surface area (TPSA) is 243 Å². The second kappa shape index (κ2) is 14.7. The number of aliphatic hydroxyl groups excluding tert-OH is 1. The number of fused-ring (bicyclic) bond motifs is 1. The van der Waals surface area contributed by atoms with Crippen LogP contribution in [0.4, 0.5) is 16.2 Å². The van der Waals surface area contributed by atoms with Crippen molar-refractivity contribution in [2.24, 2.45) is 0 Å². The molecule has 0 radical (unpaired) electrons. The molecule has 18 nitrogen and oxygen atoms in total. The molecule has 0 saturated carbocycles. The van der Waals surface area contributed by atoms with Crippen molar-refractivity contribution in [2.75, 3.05) is 24.0 Å². The van der Waals surface area contributed by atoms with Gasteiger partial charge in [-0.2, -0.15) is 15.1 Å². The van der Waals surface area contributed by atoms with Gasteiger partial charge in [0.15, 0.2) is 23.2 Å². The van der Waals surface area contributed by atoms with E-state index in [9.17, 15) is 32.4 Å². The summed E-state index contributed by atoms with van der Waals surface area (Å²) < 4.78 is 75.7. The van der Waals surface area contributed by atoms with E-state index in [1.165, 1.54) is 61.9 Å². The molecule has 1 aliphatic heterocycles. The summed E-state index contributed by atoms with van der Waals surface area (Å²) in [5.41, 5.74) is 3.58. The van der Waals surface area contributed by atoms with Gasteiger partial charge in [-0.1, -0.05) is 29.3 Å². The molecule has 3 heterocycles. The smallest absolute Gasteiger partial charge is 0.459 e. The van der Waals surface area contributed by atoms with E-state index in [0.29, 0.717) is 5.02 Å². The summed E-state index contributed by atoms with van der Waals surface area (Å²) in [7, 11) is -7.16. The van der Waals surface area contributed by atoms with Crippen molar-refractivity contribution < 1.29 is 50.9 Å². The first-order chi connectivity index (χ1) is 23.8. The molecule has 5 rings (SSSR count). The van der Waals surface area contributed by atoms with Crippen LogP contribution in [0.5, 0.6) is 5.75 Å². The predicted molar refractivity (Wildman–Crippen MR) is 181 cm³/mol. The van der Waals surface area contributed by atoms with Gasteiger partial charge in [-0.15, -0.1) is 4.83 Å². The highest BCUT2D eigenvalue weighted by Gasteiger charge is 2.56. The van der Waals surface area contributed by atoms with Crippen molar-refractivity contribution in [3.05, 3.63) is 70.2 Å². The van der Waals surface area contributed by atoms with Crippen LogP contribution in [0.3, 0.4) is 0 Å². The maximum absolute atomic E-state index is 14.3. The summed E-state index contributed by atoms with van der Waals surface area (Å²) in [5.74, 6) is -2.13. The fourth-order valence-corrected chi connectivity index (χ4v) is 7.39. The van der Waals surface area contributed by atoms with E-state index in [1.54, 1.807) is 0 Å². The van der Waals surface area contributed by atoms with E-state index >= 15 is 0 Å². The van der Waals surface area contributed by atoms with Gasteiger partial charge < -0.3 is 29.9 Å². The summed E-state index contributed by atoms with van der Waals surface area (Å²) in [4.78, 5) is 27.6. The molecule has 23 heteroatoms. The minimum Gasteiger partial charge on any atom is -0.459 e. The summed E-state index contributed by atoms with van der Waals surface area (Å²) >= 11 is 12.0. The lowest BCUT2D eigenvalue weighted by Crippen LogP contribution is -2.44. The highest BCUT2D eigenvalue weighted by Crippen LogP contribution is 2.51. The van der Waals surface area contributed by atoms with Gasteiger partial charge in [0.05, 0.1) is 17.6 Å². The van der Waals surface area contributed by atoms with E-state index in [0.717, 1.165) is 23.7 Å². The first-order valence-corrected chi connectivity index (χ1v) is 18.8. The van der Waals surface area contributed by atoms with Crippen LogP contribution in [-0.2, 0) is 40.0 Å². The molecule has 0 aliphatic carbocycles. The number of anilines is 2. The fraction of sp³-hybridized carbons (Fsp3) is 0.357. The van der Waals surface area contributed by atoms with Gasteiger partial charge in [-0.3, -0.25) is 18.9 Å². The number of nitrogens with two attached hydrogens (primary N) is 1. The van der Waals surface area contributed by atoms with Gasteiger partial charge in [-0.25, -0.2) is 22.4 Å². The van der Waals surface area contributed by atoms with Gasteiger partial charge in [0.25, 0.3) is 0 Å². The number of esters is 1. The largest absolute Gasteiger partial charge is 0.461 e. The van der Waals surface area contributed by atoms with Crippen molar-refractivity contribution in [3.8, 4) is 5.75 Å². The Morgan fingerprint density at radius 2 is 1.94 bits per heavy atom. The molecule has 0 amide bonds. The number of nitrogens with one attached hydrogen (secondary N) is 2. The van der Waals surface area contributed by atoms with Crippen LogP contribution in [0.2, 0.25) is 10.0 Å². The van der Waals surface area contributed by atoms with Crippen molar-refractivity contribution >= 4 is 69.9 Å². The average molecular weight is 794 g/mol. The molecule has 276 valence electrons. The zero-order valence-electron chi connectivity index (χ0n) is 27.1. The molecular weight excluding hydrogens is 761 g/mol. The van der Waals surface area contributed by atoms with Crippen LogP contribution in [0.15, 0.2) is 48.8 Å². The third-order valence-corrected chi connectivity index (χ3v) is 10.2. The molecule has 0 bridgehead atoms. The molecule has 4 aromatic rings. The van der Waals surface area contributed by atoms with Gasteiger partial charge in [0.2, 0.25) is 22.3 Å². The fourth-order valence-electron chi connectivity index (χ4n) is 4.88. The number of rotatable bonds is 13. The standard InChI is InChI=1S/C28H32Cl2FN8O10PS/c1-14(24(41)46-12-17-18(30)6-5-7-19(17)31)36-50(43,48-16-10-8-15(29)9-11-16)49-25-21(40)28(2,42)26(47-25)39-13-33-20-22(34-27(32)35-23(20)39)38(3)37-51(4,44)45/h5-11,13-14,21,25-26,37,40,42H,12H2,1-4H3,(H,36,43)(H2,32,34,35)/t14-,21?,25?,26+,28+,50?/m0/s1. The maximum Gasteiger partial charge on any atom is 0.461 e. The van der Waals surface area contributed by atoms with Gasteiger partial charge in [0.1, 0.15) is 35.9 Å². The minimum absolute atomic E-state index is 0.0172. The Hall–Kier alpha value is -3.69. The van der Waals surface area contributed by atoms with E-state index in [2.05, 4.69) is 24.9 Å². The number of imidazole rings is 1. The summed E-state index contributed by atoms with van der Waals surface area (Å²) in [6.07, 6.45) is -3.30. The molecule has 1 saturated heterocycles. The molecule has 6 atom stereocenters. The number of ether oxygens (including phenoxy) is 2. The number of carbonyl (C=O) groups excluding carboxylic acids is 1. The van der Waals surface area contributed by atoms with Crippen molar-refractivity contribution in [2.45, 2.75) is 50.7 Å². The molecule has 0 spiro atoms. The zero-order valence-corrected chi connectivity index (χ0v) is 30.3. The summed E-state index contributed by atoms with van der Waals surface area (Å²) in [5, 5.41) is 26.5. The second-order valence-electron chi connectivity index (χ2n) is 11.5. The predicted octanol–water partition coefficient (Wildman–Crippen LogP) is 2.65. The Morgan fingerprint density at radius 3 is 2.59 bits per heavy atom. The van der Waals surface area contributed by atoms with E-state index in [4.69, 9.17) is 47.5 Å². The molecule has 2 aromatic heterocycles. The summed E-state index contributed by atoms with van der Waals surface area (Å²) in [6.45, 7) is 1.89. The Kier molecular flexibility index (Phi) is 11.1. The number of aromatic nitrogens is 4. The molecule has 2 aromatic carbocycles. The molecule has 51 heavy (non-hydrogen) atoms. The highest BCUT2D eigenvalue weighted by molar-refractivity contribution is 7.88. The number of sulfonamides is 1. The van der Waals surface area contributed by atoms with Gasteiger partial charge in [-0.05, 0) is 50.2 Å². The van der Waals surface area contributed by atoms with Crippen LogP contribution < -0.4 is 25.2 Å². The molecule has 1 fully saturated rings. The van der Waals surface area contributed by atoms with Gasteiger partial charge >= 0.3 is 13.7 Å². The Balaban J connectivity index is 1.42. The SMILES string of the molecule is C[C@H](NP(=O)(Oc1ccc(Cl)cc1)OC1O[C@@H](n2cnc3c(N(C)NS(C)(=O)=O)nc(N)nc32)[C@](C)(O)C1O)C(=O)OCc1c(F)cccc1Cl. The zero-order chi connectivity index (χ0) is 37.5. The van der Waals surface area contributed by atoms with Crippen LogP contribution in [0.1, 0.15) is 25.6 Å². The van der Waals surface area contributed by atoms with Crippen molar-refractivity contribution in [1.29, 1.82) is 0 Å². The maximum atomic E-state index is 14.3. The van der Waals surface area contributed by atoms with Crippen LogP contribution >= 0.6 is 30.9 Å². The Labute approximate surface area is 300 Å². The lowest BCUT2D eigenvalue weighted by molar-refractivity contribution is -0.147. The van der Waals surface area contributed by atoms with Crippen LogP contribution in [-0.4, -0.2) is 81.5 Å². The first-order valence-electron chi connectivity index (χ1n) is 14.7. The normalized spacial score (nSPS) is 22.4. The number of halogens is 3.